The van der Waals surface area contributed by atoms with Crippen molar-refractivity contribution in [3.05, 3.63) is 92.8 Å². The standard InChI is InChI=1S/C20H27N3O2S.C11H18N2O.C9H11NO2S/c1-23(2)16(9-14-3-7-17(24)8-4-14)11-22-20(25)10-18(15-5-6-15)19-12-21-13-26-19;1-13(2)10(8-12)7-9-3-5-11(14)6-4-9;11-9(12)3-7(6-1-2-6)8-4-10-5-13-8/h3-4,7-8,12-13,15-16,18,24H,5-6,9-11H2,1-2H3,(H,22,25);3-6,10,14H,7-8,12H2,1-2H3;4-7H,1-3H2,(H,11,12)/t16-,18-;10-;7-/m000/s1. The van der Waals surface area contributed by atoms with Crippen LogP contribution in [0.3, 0.4) is 0 Å². The van der Waals surface area contributed by atoms with Crippen molar-refractivity contribution in [1.82, 2.24) is 25.1 Å². The number of hydrogen-bond donors (Lipinski definition) is 5. The molecule has 53 heavy (non-hydrogen) atoms. The molecule has 4 atom stereocenters. The van der Waals surface area contributed by atoms with Gasteiger partial charge < -0.3 is 36.2 Å². The van der Waals surface area contributed by atoms with Gasteiger partial charge in [-0.1, -0.05) is 24.3 Å². The number of aromatic hydroxyl groups is 2. The Kier molecular flexibility index (Phi) is 16.7. The summed E-state index contributed by atoms with van der Waals surface area (Å²) in [4.78, 5) is 37.9. The highest BCUT2D eigenvalue weighted by Crippen LogP contribution is 2.46. The molecule has 288 valence electrons. The number of phenols is 2. The number of aromatic nitrogens is 2. The third kappa shape index (κ3) is 14.8. The van der Waals surface area contributed by atoms with Crippen LogP contribution in [0, 0.1) is 11.8 Å². The predicted molar refractivity (Wildman–Crippen MR) is 213 cm³/mol. The first kappa shape index (κ1) is 41.9. The molecule has 13 heteroatoms. The summed E-state index contributed by atoms with van der Waals surface area (Å²) in [6.07, 6.45) is 11.1. The molecular formula is C40H56N6O5S2. The molecule has 2 aromatic heterocycles. The van der Waals surface area contributed by atoms with Crippen molar-refractivity contribution in [2.75, 3.05) is 41.3 Å². The van der Waals surface area contributed by atoms with Gasteiger partial charge in [0.2, 0.25) is 5.91 Å². The Balaban J connectivity index is 0.000000196. The van der Waals surface area contributed by atoms with Crippen LogP contribution >= 0.6 is 22.7 Å². The monoisotopic (exact) mass is 764 g/mol. The van der Waals surface area contributed by atoms with Gasteiger partial charge in [0.1, 0.15) is 11.5 Å². The fraction of sp³-hybridized carbons (Fsp3) is 0.500. The van der Waals surface area contributed by atoms with Crippen molar-refractivity contribution in [2.45, 2.75) is 75.3 Å². The van der Waals surface area contributed by atoms with E-state index in [4.69, 9.17) is 15.9 Å². The zero-order valence-electron chi connectivity index (χ0n) is 31.3. The fourth-order valence-electron chi connectivity index (χ4n) is 6.23. The van der Waals surface area contributed by atoms with Crippen molar-refractivity contribution in [1.29, 1.82) is 0 Å². The number of carbonyl (C=O) groups is 2. The molecule has 2 aromatic carbocycles. The van der Waals surface area contributed by atoms with Crippen LogP contribution in [0.5, 0.6) is 11.5 Å². The number of likely N-dealkylation sites (N-methyl/N-ethyl adjacent to an activating group) is 2. The maximum atomic E-state index is 12.5. The summed E-state index contributed by atoms with van der Waals surface area (Å²) in [5.41, 5.74) is 11.6. The van der Waals surface area contributed by atoms with Crippen molar-refractivity contribution in [2.24, 2.45) is 17.6 Å². The number of benzene rings is 2. The Hall–Kier alpha value is -3.88. The highest BCUT2D eigenvalue weighted by Gasteiger charge is 2.35. The van der Waals surface area contributed by atoms with Crippen LogP contribution in [0.25, 0.3) is 0 Å². The second-order valence-electron chi connectivity index (χ2n) is 14.5. The first-order valence-electron chi connectivity index (χ1n) is 18.3. The Morgan fingerprint density at radius 2 is 1.19 bits per heavy atom. The normalized spacial score (nSPS) is 16.1. The second-order valence-corrected chi connectivity index (χ2v) is 16.3. The molecular weight excluding hydrogens is 709 g/mol. The Morgan fingerprint density at radius 3 is 1.55 bits per heavy atom. The summed E-state index contributed by atoms with van der Waals surface area (Å²) in [5, 5.41) is 30.4. The van der Waals surface area contributed by atoms with E-state index in [2.05, 4.69) is 25.1 Å². The summed E-state index contributed by atoms with van der Waals surface area (Å²) in [5.74, 6) is 1.76. The van der Waals surface area contributed by atoms with E-state index in [1.54, 1.807) is 58.6 Å². The van der Waals surface area contributed by atoms with Crippen LogP contribution < -0.4 is 11.1 Å². The molecule has 0 spiro atoms. The molecule has 2 aliphatic carbocycles. The summed E-state index contributed by atoms with van der Waals surface area (Å²) in [6.45, 7) is 1.26. The van der Waals surface area contributed by atoms with Gasteiger partial charge in [-0.25, -0.2) is 0 Å². The lowest BCUT2D eigenvalue weighted by molar-refractivity contribution is -0.137. The van der Waals surface area contributed by atoms with E-state index in [-0.39, 0.29) is 30.0 Å². The molecule has 2 saturated carbocycles. The van der Waals surface area contributed by atoms with Gasteiger partial charge >= 0.3 is 5.97 Å². The van der Waals surface area contributed by atoms with E-state index < -0.39 is 5.97 Å². The van der Waals surface area contributed by atoms with Crippen LogP contribution in [0.1, 0.15) is 71.2 Å². The number of thiazole rings is 2. The lowest BCUT2D eigenvalue weighted by Gasteiger charge is -2.25. The molecule has 11 nitrogen and oxygen atoms in total. The molecule has 4 aromatic rings. The number of hydrogen-bond acceptors (Lipinski definition) is 11. The third-order valence-corrected chi connectivity index (χ3v) is 11.7. The van der Waals surface area contributed by atoms with Gasteiger partial charge in [0.05, 0.1) is 17.4 Å². The number of aliphatic carboxylic acids is 1. The smallest absolute Gasteiger partial charge is 0.304 e. The molecule has 1 amide bonds. The lowest BCUT2D eigenvalue weighted by Crippen LogP contribution is -2.41. The number of nitrogens with zero attached hydrogens (tertiary/aromatic N) is 4. The lowest BCUT2D eigenvalue weighted by atomic mass is 9.97. The minimum absolute atomic E-state index is 0.118. The number of carboxylic acids is 1. The first-order chi connectivity index (χ1) is 25.4. The molecule has 6 rings (SSSR count). The number of carboxylic acid groups (broad SMARTS) is 1. The van der Waals surface area contributed by atoms with Gasteiger partial charge in [-0.3, -0.25) is 19.6 Å². The Labute approximate surface area is 321 Å². The van der Waals surface area contributed by atoms with Crippen molar-refractivity contribution >= 4 is 34.6 Å². The molecule has 2 heterocycles. The number of nitrogens with one attached hydrogen (secondary N) is 1. The second kappa shape index (κ2) is 21.1. The topological polar surface area (TPSA) is 165 Å². The van der Waals surface area contributed by atoms with E-state index in [0.717, 1.165) is 23.3 Å². The van der Waals surface area contributed by atoms with Crippen LogP contribution in [-0.2, 0) is 22.4 Å². The largest absolute Gasteiger partial charge is 0.508 e. The number of phenolic OH excluding ortho intramolecular Hbond substituents is 2. The predicted octanol–water partition coefficient (Wildman–Crippen LogP) is 5.96. The SMILES string of the molecule is CN(C)[C@H](CN)Cc1ccc(O)cc1.CN(C)[C@H](CNC(=O)C[C@H](c1cncs1)C1CC1)Cc1ccc(O)cc1.O=C(O)C[C@H](c1cncs1)C1CC1. The summed E-state index contributed by atoms with van der Waals surface area (Å²) in [6, 6.07) is 15.1. The van der Waals surface area contributed by atoms with Gasteiger partial charge in [-0.2, -0.15) is 0 Å². The van der Waals surface area contributed by atoms with Crippen molar-refractivity contribution in [3.63, 3.8) is 0 Å². The van der Waals surface area contributed by atoms with E-state index in [9.17, 15) is 14.7 Å². The fourth-order valence-corrected chi connectivity index (χ4v) is 7.86. The summed E-state index contributed by atoms with van der Waals surface area (Å²) < 4.78 is 0. The highest BCUT2D eigenvalue weighted by molar-refractivity contribution is 7.09. The maximum Gasteiger partial charge on any atom is 0.304 e. The van der Waals surface area contributed by atoms with Gasteiger partial charge in [-0.05, 0) is 114 Å². The van der Waals surface area contributed by atoms with Crippen LogP contribution in [-0.4, -0.2) is 100 Å². The minimum atomic E-state index is -0.703. The molecule has 0 bridgehead atoms. The van der Waals surface area contributed by atoms with Gasteiger partial charge in [0.25, 0.3) is 0 Å². The molecule has 0 aliphatic heterocycles. The average Bonchev–Trinajstić information content (AvgIpc) is 4.04. The Bertz CT molecular complexity index is 1630. The van der Waals surface area contributed by atoms with Gasteiger partial charge in [-0.15, -0.1) is 22.7 Å². The number of amides is 1. The average molecular weight is 765 g/mol. The summed E-state index contributed by atoms with van der Waals surface area (Å²) >= 11 is 3.22. The van der Waals surface area contributed by atoms with Crippen LogP contribution in [0.4, 0.5) is 0 Å². The Morgan fingerprint density at radius 1 is 0.755 bits per heavy atom. The number of carbonyl (C=O) groups excluding carboxylic acids is 1. The van der Waals surface area contributed by atoms with E-state index >= 15 is 0 Å². The zero-order chi connectivity index (χ0) is 38.3. The maximum absolute atomic E-state index is 12.5. The van der Waals surface area contributed by atoms with Crippen molar-refractivity contribution < 1.29 is 24.9 Å². The summed E-state index contributed by atoms with van der Waals surface area (Å²) in [7, 11) is 8.11. The number of nitrogens with two attached hydrogens (primary N) is 1. The van der Waals surface area contributed by atoms with E-state index in [0.29, 0.717) is 49.1 Å². The van der Waals surface area contributed by atoms with Gasteiger partial charge in [0, 0.05) is 65.6 Å². The first-order valence-corrected chi connectivity index (χ1v) is 20.0. The molecule has 2 fully saturated rings. The molecule has 0 saturated heterocycles. The molecule has 0 unspecified atom stereocenters. The van der Waals surface area contributed by atoms with E-state index in [1.807, 2.05) is 64.2 Å². The third-order valence-electron chi connectivity index (χ3n) is 9.90. The van der Waals surface area contributed by atoms with Crippen LogP contribution in [0.2, 0.25) is 0 Å². The minimum Gasteiger partial charge on any atom is -0.508 e. The molecule has 6 N–H and O–H groups in total. The van der Waals surface area contributed by atoms with Crippen molar-refractivity contribution in [3.8, 4) is 11.5 Å². The van der Waals surface area contributed by atoms with Crippen LogP contribution in [0.15, 0.2) is 71.9 Å². The quantitative estimate of drug-likeness (QED) is 0.0867. The van der Waals surface area contributed by atoms with Gasteiger partial charge in [0.15, 0.2) is 0 Å². The highest BCUT2D eigenvalue weighted by atomic mass is 32.1. The molecule has 2 aliphatic rings. The number of rotatable bonds is 17. The zero-order valence-corrected chi connectivity index (χ0v) is 32.9. The molecule has 0 radical (unpaired) electrons. The van der Waals surface area contributed by atoms with E-state index in [1.165, 1.54) is 36.1 Å².